The van der Waals surface area contributed by atoms with Crippen LogP contribution in [0.3, 0.4) is 0 Å². The van der Waals surface area contributed by atoms with E-state index in [2.05, 4.69) is 0 Å². The summed E-state index contributed by atoms with van der Waals surface area (Å²) in [7, 11) is 1.60. The molecular weight excluding hydrogens is 238 g/mol. The molecule has 1 aromatic rings. The summed E-state index contributed by atoms with van der Waals surface area (Å²) >= 11 is 0. The molecule has 0 aliphatic heterocycles. The number of hydrogen-bond donors (Lipinski definition) is 1. The van der Waals surface area contributed by atoms with Crippen molar-refractivity contribution in [1.82, 2.24) is 4.90 Å². The Hall–Kier alpha value is -1.49. The highest BCUT2D eigenvalue weighted by Gasteiger charge is 2.22. The number of halogens is 2. The van der Waals surface area contributed by atoms with Crippen LogP contribution in [0.25, 0.3) is 0 Å². The van der Waals surface area contributed by atoms with Gasteiger partial charge in [0.2, 0.25) is 5.91 Å². The van der Waals surface area contributed by atoms with Gasteiger partial charge in [-0.1, -0.05) is 13.0 Å². The zero-order valence-electron chi connectivity index (χ0n) is 10.8. The lowest BCUT2D eigenvalue weighted by Crippen LogP contribution is -2.42. The predicted molar refractivity (Wildman–Crippen MR) is 65.8 cm³/mol. The van der Waals surface area contributed by atoms with E-state index in [1.54, 1.807) is 14.0 Å². The maximum Gasteiger partial charge on any atom is 0.239 e. The van der Waals surface area contributed by atoms with Gasteiger partial charge >= 0.3 is 0 Å². The van der Waals surface area contributed by atoms with Crippen molar-refractivity contribution in [3.05, 3.63) is 35.4 Å². The van der Waals surface area contributed by atoms with Crippen LogP contribution in [-0.2, 0) is 4.79 Å². The van der Waals surface area contributed by atoms with Crippen molar-refractivity contribution in [3.63, 3.8) is 0 Å². The largest absolute Gasteiger partial charge is 0.338 e. The van der Waals surface area contributed by atoms with Gasteiger partial charge in [0.25, 0.3) is 0 Å². The van der Waals surface area contributed by atoms with Crippen molar-refractivity contribution in [1.29, 1.82) is 0 Å². The Morgan fingerprint density at radius 3 is 2.50 bits per heavy atom. The summed E-state index contributed by atoms with van der Waals surface area (Å²) in [6.07, 6.45) is 0.535. The van der Waals surface area contributed by atoms with Gasteiger partial charge in [0.1, 0.15) is 0 Å². The van der Waals surface area contributed by atoms with E-state index in [9.17, 15) is 13.6 Å². The zero-order chi connectivity index (χ0) is 13.9. The third-order valence-corrected chi connectivity index (χ3v) is 3.11. The highest BCUT2D eigenvalue weighted by molar-refractivity contribution is 5.81. The van der Waals surface area contributed by atoms with Crippen molar-refractivity contribution in [2.75, 3.05) is 7.05 Å². The number of amides is 1. The summed E-state index contributed by atoms with van der Waals surface area (Å²) in [6.45, 7) is 3.56. The third kappa shape index (κ3) is 3.04. The molecule has 0 saturated heterocycles. The van der Waals surface area contributed by atoms with Crippen LogP contribution in [-0.4, -0.2) is 23.9 Å². The smallest absolute Gasteiger partial charge is 0.239 e. The number of hydrogen-bond acceptors (Lipinski definition) is 2. The monoisotopic (exact) mass is 256 g/mol. The topological polar surface area (TPSA) is 46.3 Å². The lowest BCUT2D eigenvalue weighted by Gasteiger charge is -2.27. The first-order valence-corrected chi connectivity index (χ1v) is 5.85. The summed E-state index contributed by atoms with van der Waals surface area (Å²) in [4.78, 5) is 13.3. The van der Waals surface area contributed by atoms with Crippen LogP contribution in [0.4, 0.5) is 8.78 Å². The maximum absolute atomic E-state index is 13.1. The second-order valence-corrected chi connectivity index (χ2v) is 4.31. The molecule has 0 aliphatic rings. The average molecular weight is 256 g/mol. The molecule has 0 fully saturated rings. The lowest BCUT2D eigenvalue weighted by atomic mass is 10.1. The van der Waals surface area contributed by atoms with E-state index in [-0.39, 0.29) is 11.9 Å². The van der Waals surface area contributed by atoms with Crippen molar-refractivity contribution < 1.29 is 13.6 Å². The molecule has 5 heteroatoms. The number of rotatable bonds is 4. The zero-order valence-corrected chi connectivity index (χ0v) is 10.8. The summed E-state index contributed by atoms with van der Waals surface area (Å²) < 4.78 is 26.0. The van der Waals surface area contributed by atoms with Gasteiger partial charge in [0.05, 0.1) is 12.1 Å². The third-order valence-electron chi connectivity index (χ3n) is 3.11. The number of carbonyl (C=O) groups excluding carboxylic acids is 1. The summed E-state index contributed by atoms with van der Waals surface area (Å²) in [5, 5.41) is 0. The van der Waals surface area contributed by atoms with E-state index in [4.69, 9.17) is 5.73 Å². The fourth-order valence-corrected chi connectivity index (χ4v) is 1.62. The van der Waals surface area contributed by atoms with Crippen LogP contribution in [0.1, 0.15) is 31.9 Å². The normalized spacial score (nSPS) is 14.1. The Bertz CT molecular complexity index is 437. The average Bonchev–Trinajstić information content (AvgIpc) is 2.38. The van der Waals surface area contributed by atoms with Gasteiger partial charge in [-0.2, -0.15) is 0 Å². The molecule has 0 bridgehead atoms. The first-order chi connectivity index (χ1) is 8.38. The lowest BCUT2D eigenvalue weighted by molar-refractivity contribution is -0.133. The van der Waals surface area contributed by atoms with Crippen LogP contribution in [0.15, 0.2) is 18.2 Å². The molecule has 0 spiro atoms. The summed E-state index contributed by atoms with van der Waals surface area (Å²) in [6, 6.07) is 2.69. The Labute approximate surface area is 106 Å². The molecule has 3 nitrogen and oxygen atoms in total. The number of nitrogens with two attached hydrogens (primary N) is 1. The Balaban J connectivity index is 2.89. The predicted octanol–water partition coefficient (Wildman–Crippen LogP) is 2.22. The minimum absolute atomic E-state index is 0.213. The minimum atomic E-state index is -0.917. The SMILES string of the molecule is CCC(N)C(=O)N(C)C(C)c1ccc(F)c(F)c1. The van der Waals surface area contributed by atoms with Crippen molar-refractivity contribution in [2.45, 2.75) is 32.4 Å². The Morgan fingerprint density at radius 2 is 2.00 bits per heavy atom. The molecule has 1 amide bonds. The van der Waals surface area contributed by atoms with E-state index >= 15 is 0 Å². The van der Waals surface area contributed by atoms with Crippen molar-refractivity contribution in [2.24, 2.45) is 5.73 Å². The molecule has 0 aliphatic carbocycles. The van der Waals surface area contributed by atoms with Gasteiger partial charge < -0.3 is 10.6 Å². The van der Waals surface area contributed by atoms with E-state index in [0.717, 1.165) is 12.1 Å². The van der Waals surface area contributed by atoms with E-state index in [1.807, 2.05) is 6.92 Å². The molecule has 0 heterocycles. The molecule has 1 aromatic carbocycles. The molecule has 0 radical (unpaired) electrons. The number of nitrogens with zero attached hydrogens (tertiary/aromatic N) is 1. The Kier molecular flexibility index (Phi) is 4.78. The molecular formula is C13H18F2N2O. The second-order valence-electron chi connectivity index (χ2n) is 4.31. The molecule has 0 saturated carbocycles. The van der Waals surface area contributed by atoms with E-state index < -0.39 is 17.7 Å². The molecule has 2 unspecified atom stereocenters. The van der Waals surface area contributed by atoms with Crippen molar-refractivity contribution in [3.8, 4) is 0 Å². The molecule has 1 rings (SSSR count). The standard InChI is InChI=1S/C13H18F2N2O/c1-4-12(16)13(18)17(3)8(2)9-5-6-10(14)11(15)7-9/h5-8,12H,4,16H2,1-3H3. The maximum atomic E-state index is 13.1. The van der Waals surface area contributed by atoms with E-state index in [0.29, 0.717) is 12.0 Å². The minimum Gasteiger partial charge on any atom is -0.338 e. The van der Waals surface area contributed by atoms with Crippen LogP contribution < -0.4 is 5.73 Å². The first kappa shape index (κ1) is 14.6. The molecule has 2 N–H and O–H groups in total. The second kappa shape index (κ2) is 5.91. The summed E-state index contributed by atoms with van der Waals surface area (Å²) in [5.74, 6) is -2.03. The van der Waals surface area contributed by atoms with Crippen LogP contribution >= 0.6 is 0 Å². The van der Waals surface area contributed by atoms with Gasteiger partial charge in [-0.25, -0.2) is 8.78 Å². The summed E-state index contributed by atoms with van der Waals surface area (Å²) in [5.41, 5.74) is 6.20. The quantitative estimate of drug-likeness (QED) is 0.897. The van der Waals surface area contributed by atoms with E-state index in [1.165, 1.54) is 11.0 Å². The van der Waals surface area contributed by atoms with Gasteiger partial charge in [-0.15, -0.1) is 0 Å². The first-order valence-electron chi connectivity index (χ1n) is 5.85. The molecule has 100 valence electrons. The highest BCUT2D eigenvalue weighted by Crippen LogP contribution is 2.21. The number of carbonyl (C=O) groups is 1. The van der Waals surface area contributed by atoms with Gasteiger partial charge in [-0.05, 0) is 31.0 Å². The van der Waals surface area contributed by atoms with Gasteiger partial charge in [-0.3, -0.25) is 4.79 Å². The molecule has 0 aromatic heterocycles. The van der Waals surface area contributed by atoms with Crippen LogP contribution in [0.2, 0.25) is 0 Å². The van der Waals surface area contributed by atoms with Crippen LogP contribution in [0, 0.1) is 11.6 Å². The number of likely N-dealkylation sites (N-methyl/N-ethyl adjacent to an activating group) is 1. The fourth-order valence-electron chi connectivity index (χ4n) is 1.62. The van der Waals surface area contributed by atoms with Gasteiger partial charge in [0, 0.05) is 7.05 Å². The Morgan fingerprint density at radius 1 is 1.39 bits per heavy atom. The highest BCUT2D eigenvalue weighted by atomic mass is 19.2. The fraction of sp³-hybridized carbons (Fsp3) is 0.462. The van der Waals surface area contributed by atoms with Gasteiger partial charge in [0.15, 0.2) is 11.6 Å². The molecule has 2 atom stereocenters. The van der Waals surface area contributed by atoms with Crippen molar-refractivity contribution >= 4 is 5.91 Å². The van der Waals surface area contributed by atoms with Crippen LogP contribution in [0.5, 0.6) is 0 Å². The molecule has 18 heavy (non-hydrogen) atoms. The number of benzene rings is 1.